The lowest BCUT2D eigenvalue weighted by atomic mass is 10.1. The molecule has 0 spiro atoms. The largest absolute Gasteiger partial charge is 0.371 e. The van der Waals surface area contributed by atoms with E-state index in [0.29, 0.717) is 12.5 Å². The van der Waals surface area contributed by atoms with Crippen LogP contribution >= 0.6 is 39.9 Å². The van der Waals surface area contributed by atoms with Crippen LogP contribution in [0, 0.1) is 5.92 Å². The minimum absolute atomic E-state index is 0. The van der Waals surface area contributed by atoms with E-state index in [2.05, 4.69) is 79.7 Å². The van der Waals surface area contributed by atoms with Gasteiger partial charge in [0.25, 0.3) is 0 Å². The van der Waals surface area contributed by atoms with E-state index in [4.69, 9.17) is 4.52 Å². The van der Waals surface area contributed by atoms with Crippen molar-refractivity contribution in [1.29, 1.82) is 0 Å². The Hall–Kier alpha value is -1.29. The van der Waals surface area contributed by atoms with Gasteiger partial charge in [0.2, 0.25) is 0 Å². The molecule has 29 heavy (non-hydrogen) atoms. The number of nitrogens with zero attached hydrogens (tertiary/aromatic N) is 3. The predicted octanol–water partition coefficient (Wildman–Crippen LogP) is 4.37. The van der Waals surface area contributed by atoms with Gasteiger partial charge in [-0.05, 0) is 37.0 Å². The number of hydrogen-bond acceptors (Lipinski definition) is 4. The minimum Gasteiger partial charge on any atom is -0.371 e. The summed E-state index contributed by atoms with van der Waals surface area (Å²) in [5, 5.41) is 11.1. The molecule has 6 nitrogen and oxygen atoms in total. The standard InChI is InChI=1S/C21H30BrN5O.HI/c1-4-19-18(20(5-2)28-26-19)13-25-21(23-3)24-12-15-9-10-27(14-15)17-8-6-7-16(22)11-17;/h6-8,11,15H,4-5,9-10,12-14H2,1-3H3,(H2,23,24,25);1H. The molecule has 1 atom stereocenters. The monoisotopic (exact) mass is 575 g/mol. The van der Waals surface area contributed by atoms with Crippen molar-refractivity contribution in [2.75, 3.05) is 31.6 Å². The van der Waals surface area contributed by atoms with Gasteiger partial charge in [0, 0.05) is 55.4 Å². The molecule has 1 aliphatic rings. The van der Waals surface area contributed by atoms with E-state index in [1.165, 1.54) is 12.1 Å². The molecule has 1 aromatic carbocycles. The molecule has 0 aliphatic carbocycles. The van der Waals surface area contributed by atoms with Gasteiger partial charge >= 0.3 is 0 Å². The zero-order chi connectivity index (χ0) is 19.9. The van der Waals surface area contributed by atoms with E-state index in [-0.39, 0.29) is 24.0 Å². The molecule has 1 saturated heterocycles. The zero-order valence-electron chi connectivity index (χ0n) is 17.4. The van der Waals surface area contributed by atoms with E-state index < -0.39 is 0 Å². The van der Waals surface area contributed by atoms with Crippen molar-refractivity contribution in [3.8, 4) is 0 Å². The van der Waals surface area contributed by atoms with Crippen molar-refractivity contribution >= 4 is 51.6 Å². The molecule has 1 unspecified atom stereocenters. The minimum atomic E-state index is 0. The number of aryl methyl sites for hydroxylation is 2. The van der Waals surface area contributed by atoms with Crippen molar-refractivity contribution in [2.24, 2.45) is 10.9 Å². The molecule has 160 valence electrons. The normalized spacial score (nSPS) is 16.6. The summed E-state index contributed by atoms with van der Waals surface area (Å²) in [5.74, 6) is 2.39. The summed E-state index contributed by atoms with van der Waals surface area (Å²) in [6, 6.07) is 8.52. The Balaban J connectivity index is 0.00000300. The number of aliphatic imine (C=N–C) groups is 1. The topological polar surface area (TPSA) is 65.7 Å². The summed E-state index contributed by atoms with van der Waals surface area (Å²) in [5.41, 5.74) is 3.47. The Kier molecular flexibility index (Phi) is 9.74. The molecule has 8 heteroatoms. The summed E-state index contributed by atoms with van der Waals surface area (Å²) in [4.78, 5) is 6.82. The summed E-state index contributed by atoms with van der Waals surface area (Å²) in [7, 11) is 1.81. The second-order valence-electron chi connectivity index (χ2n) is 7.13. The molecule has 1 aromatic heterocycles. The molecule has 2 aromatic rings. The maximum atomic E-state index is 5.45. The average molecular weight is 576 g/mol. The first kappa shape index (κ1) is 24.0. The fraction of sp³-hybridized carbons (Fsp3) is 0.524. The quantitative estimate of drug-likeness (QED) is 0.291. The van der Waals surface area contributed by atoms with Crippen LogP contribution in [0.2, 0.25) is 0 Å². The van der Waals surface area contributed by atoms with Gasteiger partial charge in [0.1, 0.15) is 5.76 Å². The van der Waals surface area contributed by atoms with Gasteiger partial charge in [-0.1, -0.05) is 41.0 Å². The molecule has 0 saturated carbocycles. The third kappa shape index (κ3) is 6.34. The number of benzene rings is 1. The van der Waals surface area contributed by atoms with Crippen LogP contribution in [0.5, 0.6) is 0 Å². The maximum absolute atomic E-state index is 5.45. The Morgan fingerprint density at radius 2 is 2.14 bits per heavy atom. The number of aromatic nitrogens is 1. The summed E-state index contributed by atoms with van der Waals surface area (Å²) >= 11 is 3.56. The first-order valence-corrected chi connectivity index (χ1v) is 10.8. The number of rotatable bonds is 7. The van der Waals surface area contributed by atoms with Gasteiger partial charge in [-0.25, -0.2) is 0 Å². The van der Waals surface area contributed by atoms with Crippen LogP contribution in [0.15, 0.2) is 38.3 Å². The van der Waals surface area contributed by atoms with Crippen LogP contribution in [-0.2, 0) is 19.4 Å². The lowest BCUT2D eigenvalue weighted by Gasteiger charge is -2.19. The predicted molar refractivity (Wildman–Crippen MR) is 133 cm³/mol. The highest BCUT2D eigenvalue weighted by Crippen LogP contribution is 2.26. The van der Waals surface area contributed by atoms with E-state index in [1.807, 2.05) is 7.05 Å². The highest BCUT2D eigenvalue weighted by atomic mass is 127. The SMILES string of the molecule is CCc1noc(CC)c1CNC(=NC)NCC1CCN(c2cccc(Br)c2)C1.I. The smallest absolute Gasteiger partial charge is 0.191 e. The summed E-state index contributed by atoms with van der Waals surface area (Å²) in [6.07, 6.45) is 2.91. The lowest BCUT2D eigenvalue weighted by Crippen LogP contribution is -2.40. The van der Waals surface area contributed by atoms with Crippen molar-refractivity contribution in [2.45, 2.75) is 39.7 Å². The molecule has 0 radical (unpaired) electrons. The highest BCUT2D eigenvalue weighted by Gasteiger charge is 2.23. The first-order valence-electron chi connectivity index (χ1n) is 10.1. The second-order valence-corrected chi connectivity index (χ2v) is 8.04. The maximum Gasteiger partial charge on any atom is 0.191 e. The van der Waals surface area contributed by atoms with Gasteiger partial charge in [-0.3, -0.25) is 4.99 Å². The fourth-order valence-electron chi connectivity index (χ4n) is 3.68. The van der Waals surface area contributed by atoms with Gasteiger partial charge in [0.05, 0.1) is 5.69 Å². The van der Waals surface area contributed by atoms with Crippen molar-refractivity contribution in [3.63, 3.8) is 0 Å². The van der Waals surface area contributed by atoms with Gasteiger partial charge in [-0.15, -0.1) is 24.0 Å². The van der Waals surface area contributed by atoms with Gasteiger partial charge in [-0.2, -0.15) is 0 Å². The van der Waals surface area contributed by atoms with E-state index in [1.54, 1.807) is 0 Å². The molecule has 2 N–H and O–H groups in total. The van der Waals surface area contributed by atoms with E-state index >= 15 is 0 Å². The fourth-order valence-corrected chi connectivity index (χ4v) is 4.07. The van der Waals surface area contributed by atoms with Crippen LogP contribution < -0.4 is 15.5 Å². The number of guanidine groups is 1. The third-order valence-corrected chi connectivity index (χ3v) is 5.77. The number of anilines is 1. The zero-order valence-corrected chi connectivity index (χ0v) is 21.3. The molecule has 2 heterocycles. The Bertz CT molecular complexity index is 789. The highest BCUT2D eigenvalue weighted by molar-refractivity contribution is 14.0. The van der Waals surface area contributed by atoms with Crippen LogP contribution in [0.4, 0.5) is 5.69 Å². The van der Waals surface area contributed by atoms with Gasteiger partial charge < -0.3 is 20.1 Å². The third-order valence-electron chi connectivity index (χ3n) is 5.28. The van der Waals surface area contributed by atoms with Crippen LogP contribution in [-0.4, -0.2) is 37.8 Å². The molecule has 0 amide bonds. The van der Waals surface area contributed by atoms with Crippen LogP contribution in [0.3, 0.4) is 0 Å². The molecular weight excluding hydrogens is 545 g/mol. The second kappa shape index (κ2) is 11.8. The van der Waals surface area contributed by atoms with Crippen LogP contribution in [0.1, 0.15) is 37.3 Å². The van der Waals surface area contributed by atoms with Crippen LogP contribution in [0.25, 0.3) is 0 Å². The van der Waals surface area contributed by atoms with Crippen molar-refractivity contribution in [3.05, 3.63) is 45.8 Å². The molecule has 3 rings (SSSR count). The Morgan fingerprint density at radius 1 is 1.31 bits per heavy atom. The number of nitrogens with one attached hydrogen (secondary N) is 2. The molecule has 0 bridgehead atoms. The molecule has 1 fully saturated rings. The summed E-state index contributed by atoms with van der Waals surface area (Å²) < 4.78 is 6.57. The van der Waals surface area contributed by atoms with Crippen molar-refractivity contribution in [1.82, 2.24) is 15.8 Å². The van der Waals surface area contributed by atoms with Gasteiger partial charge in [0.15, 0.2) is 5.96 Å². The first-order chi connectivity index (χ1) is 13.6. The average Bonchev–Trinajstić information content (AvgIpc) is 3.34. The summed E-state index contributed by atoms with van der Waals surface area (Å²) in [6.45, 7) is 7.94. The number of hydrogen-bond donors (Lipinski definition) is 2. The Morgan fingerprint density at radius 3 is 2.83 bits per heavy atom. The Labute approximate surface area is 199 Å². The van der Waals surface area contributed by atoms with E-state index in [0.717, 1.165) is 59.9 Å². The molecule has 1 aliphatic heterocycles. The lowest BCUT2D eigenvalue weighted by molar-refractivity contribution is 0.380. The van der Waals surface area contributed by atoms with Crippen molar-refractivity contribution < 1.29 is 4.52 Å². The number of halogens is 2. The van der Waals surface area contributed by atoms with E-state index in [9.17, 15) is 0 Å². The molecular formula is C21H31BrIN5O.